The van der Waals surface area contributed by atoms with E-state index < -0.39 is 0 Å². The van der Waals surface area contributed by atoms with Gasteiger partial charge >= 0.3 is 0 Å². The molecule has 0 radical (unpaired) electrons. The molecular weight excluding hydrogens is 170 g/mol. The van der Waals surface area contributed by atoms with Crippen LogP contribution in [0, 0.1) is 5.41 Å². The van der Waals surface area contributed by atoms with Crippen LogP contribution in [0.3, 0.4) is 0 Å². The van der Waals surface area contributed by atoms with Crippen LogP contribution >= 0.6 is 0 Å². The third-order valence-electron chi connectivity index (χ3n) is 3.90. The molecule has 1 aromatic carbocycles. The van der Waals surface area contributed by atoms with Gasteiger partial charge in [-0.25, -0.2) is 0 Å². The molecule has 76 valence electrons. The molecule has 0 aromatic heterocycles. The van der Waals surface area contributed by atoms with E-state index in [9.17, 15) is 0 Å². The Bertz CT molecular complexity index is 354. The van der Waals surface area contributed by atoms with Gasteiger partial charge in [0.2, 0.25) is 0 Å². The molecule has 1 nitrogen and oxygen atoms in total. The Balaban J connectivity index is 2.59. The second-order valence-electron chi connectivity index (χ2n) is 5.04. The first-order valence-corrected chi connectivity index (χ1v) is 5.38. The predicted octanol–water partition coefficient (Wildman–Crippen LogP) is 2.83. The van der Waals surface area contributed by atoms with E-state index >= 15 is 0 Å². The molecule has 14 heavy (non-hydrogen) atoms. The van der Waals surface area contributed by atoms with E-state index in [0.29, 0.717) is 0 Å². The standard InChI is InChI=1S/C13H19N/c1-4-13(14)11-8-6-5-7-10(11)9-12(13,2)3/h5-8H,4,9,14H2,1-3H3/t13-/m1/s1. The highest BCUT2D eigenvalue weighted by atomic mass is 14.8. The van der Waals surface area contributed by atoms with Gasteiger partial charge in [-0.15, -0.1) is 0 Å². The van der Waals surface area contributed by atoms with Crippen molar-refractivity contribution in [3.63, 3.8) is 0 Å². The van der Waals surface area contributed by atoms with Crippen molar-refractivity contribution in [1.29, 1.82) is 0 Å². The van der Waals surface area contributed by atoms with Crippen LogP contribution in [0.1, 0.15) is 38.3 Å². The smallest absolute Gasteiger partial charge is 0.0464 e. The van der Waals surface area contributed by atoms with Crippen LogP contribution in [-0.4, -0.2) is 0 Å². The highest BCUT2D eigenvalue weighted by Gasteiger charge is 2.47. The Morgan fingerprint density at radius 3 is 2.57 bits per heavy atom. The minimum absolute atomic E-state index is 0.135. The summed E-state index contributed by atoms with van der Waals surface area (Å²) in [6.45, 7) is 6.73. The average Bonchev–Trinajstić information content (AvgIpc) is 2.36. The summed E-state index contributed by atoms with van der Waals surface area (Å²) in [4.78, 5) is 0. The van der Waals surface area contributed by atoms with E-state index in [1.165, 1.54) is 11.1 Å². The molecule has 0 saturated carbocycles. The number of rotatable bonds is 1. The van der Waals surface area contributed by atoms with Crippen molar-refractivity contribution in [2.75, 3.05) is 0 Å². The second-order valence-corrected chi connectivity index (χ2v) is 5.04. The molecule has 1 aromatic rings. The number of hydrogen-bond acceptors (Lipinski definition) is 1. The van der Waals surface area contributed by atoms with Crippen molar-refractivity contribution in [3.8, 4) is 0 Å². The first-order chi connectivity index (χ1) is 6.51. The molecule has 0 aliphatic heterocycles. The topological polar surface area (TPSA) is 26.0 Å². The summed E-state index contributed by atoms with van der Waals surface area (Å²) in [5.41, 5.74) is 9.38. The van der Waals surface area contributed by atoms with Gasteiger partial charge in [0.15, 0.2) is 0 Å². The van der Waals surface area contributed by atoms with Gasteiger partial charge < -0.3 is 5.73 Å². The van der Waals surface area contributed by atoms with Crippen LogP contribution in [0.25, 0.3) is 0 Å². The lowest BCUT2D eigenvalue weighted by Crippen LogP contribution is -2.46. The van der Waals surface area contributed by atoms with Gasteiger partial charge in [-0.3, -0.25) is 0 Å². The van der Waals surface area contributed by atoms with Gasteiger partial charge in [-0.1, -0.05) is 45.0 Å². The summed E-state index contributed by atoms with van der Waals surface area (Å²) in [6.07, 6.45) is 2.12. The Labute approximate surface area is 86.3 Å². The fraction of sp³-hybridized carbons (Fsp3) is 0.538. The second kappa shape index (κ2) is 2.83. The van der Waals surface area contributed by atoms with Crippen LogP contribution in [0.5, 0.6) is 0 Å². The molecule has 1 atom stereocenters. The third kappa shape index (κ3) is 1.05. The van der Waals surface area contributed by atoms with E-state index in [-0.39, 0.29) is 11.0 Å². The molecule has 1 aliphatic rings. The normalized spacial score (nSPS) is 28.9. The molecule has 0 heterocycles. The van der Waals surface area contributed by atoms with Gasteiger partial charge in [0.1, 0.15) is 0 Å². The average molecular weight is 189 g/mol. The number of hydrogen-bond donors (Lipinski definition) is 1. The molecule has 1 heteroatoms. The molecular formula is C13H19N. The van der Waals surface area contributed by atoms with Crippen molar-refractivity contribution < 1.29 is 0 Å². The monoisotopic (exact) mass is 189 g/mol. The van der Waals surface area contributed by atoms with Crippen molar-refractivity contribution in [2.24, 2.45) is 11.1 Å². The highest BCUT2D eigenvalue weighted by molar-refractivity contribution is 5.41. The molecule has 0 saturated heterocycles. The van der Waals surface area contributed by atoms with E-state index in [4.69, 9.17) is 5.73 Å². The third-order valence-corrected chi connectivity index (χ3v) is 3.90. The minimum atomic E-state index is -0.135. The molecule has 1 aliphatic carbocycles. The molecule has 0 fully saturated rings. The molecule has 0 amide bonds. The first-order valence-electron chi connectivity index (χ1n) is 5.38. The Kier molecular flexibility index (Phi) is 1.97. The van der Waals surface area contributed by atoms with Gasteiger partial charge in [-0.2, -0.15) is 0 Å². The summed E-state index contributed by atoms with van der Waals surface area (Å²) in [5.74, 6) is 0. The van der Waals surface area contributed by atoms with E-state index in [0.717, 1.165) is 12.8 Å². The zero-order valence-corrected chi connectivity index (χ0v) is 9.30. The summed E-state index contributed by atoms with van der Waals surface area (Å²) in [5, 5.41) is 0. The zero-order chi connectivity index (χ0) is 10.4. The number of fused-ring (bicyclic) bond motifs is 1. The Morgan fingerprint density at radius 2 is 1.93 bits per heavy atom. The Hall–Kier alpha value is -0.820. The minimum Gasteiger partial charge on any atom is -0.321 e. The first kappa shape index (κ1) is 9.72. The molecule has 0 spiro atoms. The van der Waals surface area contributed by atoms with Crippen LogP contribution in [-0.2, 0) is 12.0 Å². The van der Waals surface area contributed by atoms with Gasteiger partial charge in [0, 0.05) is 5.54 Å². The van der Waals surface area contributed by atoms with Crippen molar-refractivity contribution in [3.05, 3.63) is 35.4 Å². The number of nitrogens with two attached hydrogens (primary N) is 1. The fourth-order valence-electron chi connectivity index (χ4n) is 2.78. The van der Waals surface area contributed by atoms with Crippen LogP contribution in [0.2, 0.25) is 0 Å². The van der Waals surface area contributed by atoms with Crippen molar-refractivity contribution in [1.82, 2.24) is 0 Å². The molecule has 2 rings (SSSR count). The van der Waals surface area contributed by atoms with E-state index in [1.807, 2.05) is 0 Å². The van der Waals surface area contributed by atoms with Gasteiger partial charge in [0.05, 0.1) is 0 Å². The summed E-state index contributed by atoms with van der Waals surface area (Å²) >= 11 is 0. The molecule has 0 bridgehead atoms. The predicted molar refractivity (Wildman–Crippen MR) is 60.1 cm³/mol. The summed E-state index contributed by atoms with van der Waals surface area (Å²) in [7, 11) is 0. The highest BCUT2D eigenvalue weighted by Crippen LogP contribution is 2.49. The molecule has 2 N–H and O–H groups in total. The van der Waals surface area contributed by atoms with Crippen molar-refractivity contribution >= 4 is 0 Å². The van der Waals surface area contributed by atoms with Crippen molar-refractivity contribution in [2.45, 2.75) is 39.2 Å². The van der Waals surface area contributed by atoms with Crippen LogP contribution in [0.4, 0.5) is 0 Å². The SMILES string of the molecule is CC[C@@]1(N)c2ccccc2CC1(C)C. The van der Waals surface area contributed by atoms with Crippen LogP contribution < -0.4 is 5.73 Å². The van der Waals surface area contributed by atoms with Gasteiger partial charge in [-0.05, 0) is 29.4 Å². The lowest BCUT2D eigenvalue weighted by Gasteiger charge is -2.38. The quantitative estimate of drug-likeness (QED) is 0.722. The lowest BCUT2D eigenvalue weighted by molar-refractivity contribution is 0.183. The number of benzene rings is 1. The maximum Gasteiger partial charge on any atom is 0.0464 e. The van der Waals surface area contributed by atoms with E-state index in [1.54, 1.807) is 0 Å². The molecule has 0 unspecified atom stereocenters. The summed E-state index contributed by atoms with van der Waals surface area (Å²) < 4.78 is 0. The maximum atomic E-state index is 6.55. The Morgan fingerprint density at radius 1 is 1.29 bits per heavy atom. The maximum absolute atomic E-state index is 6.55. The summed E-state index contributed by atoms with van der Waals surface area (Å²) in [6, 6.07) is 8.60. The van der Waals surface area contributed by atoms with Crippen LogP contribution in [0.15, 0.2) is 24.3 Å². The zero-order valence-electron chi connectivity index (χ0n) is 9.30. The lowest BCUT2D eigenvalue weighted by atomic mass is 9.72. The largest absolute Gasteiger partial charge is 0.321 e. The van der Waals surface area contributed by atoms with Gasteiger partial charge in [0.25, 0.3) is 0 Å². The fourth-order valence-corrected chi connectivity index (χ4v) is 2.78. The van der Waals surface area contributed by atoms with E-state index in [2.05, 4.69) is 45.0 Å².